The second-order valence-corrected chi connectivity index (χ2v) is 4.69. The van der Waals surface area contributed by atoms with Crippen LogP contribution in [0.5, 0.6) is 0 Å². The molecule has 98 valence electrons. The summed E-state index contributed by atoms with van der Waals surface area (Å²) in [6.07, 6.45) is -0.443. The van der Waals surface area contributed by atoms with Crippen LogP contribution in [0, 0.1) is 0 Å². The van der Waals surface area contributed by atoms with Gasteiger partial charge in [-0.25, -0.2) is 0 Å². The number of hydrogen-bond acceptors (Lipinski definition) is 2. The lowest BCUT2D eigenvalue weighted by Gasteiger charge is -2.15. The van der Waals surface area contributed by atoms with Crippen molar-refractivity contribution in [3.05, 3.63) is 48.0 Å². The summed E-state index contributed by atoms with van der Waals surface area (Å²) in [5.41, 5.74) is 0.969. The Bertz CT molecular complexity index is 499. The first-order chi connectivity index (χ1) is 8.16. The van der Waals surface area contributed by atoms with Crippen molar-refractivity contribution < 1.29 is 5.11 Å². The van der Waals surface area contributed by atoms with E-state index < -0.39 is 6.10 Å². The van der Waals surface area contributed by atoms with Gasteiger partial charge in [0.15, 0.2) is 0 Å². The summed E-state index contributed by atoms with van der Waals surface area (Å²) >= 11 is 0. The zero-order chi connectivity index (χ0) is 12.3. The predicted octanol–water partition coefficient (Wildman–Crippen LogP) is 3.29. The van der Waals surface area contributed by atoms with Gasteiger partial charge >= 0.3 is 0 Å². The minimum Gasteiger partial charge on any atom is -0.387 e. The molecular formula is C15H20ClNO. The molecular weight excluding hydrogens is 246 g/mol. The number of halogens is 1. The van der Waals surface area contributed by atoms with Gasteiger partial charge in [0.25, 0.3) is 0 Å². The normalized spacial score (nSPS) is 12.4. The molecule has 2 rings (SSSR count). The average Bonchev–Trinajstić information content (AvgIpc) is 2.35. The van der Waals surface area contributed by atoms with E-state index in [0.717, 1.165) is 5.56 Å². The first kappa shape index (κ1) is 15.0. The first-order valence-electron chi connectivity index (χ1n) is 6.07. The largest absolute Gasteiger partial charge is 0.387 e. The Morgan fingerprint density at radius 3 is 2.39 bits per heavy atom. The fourth-order valence-electron chi connectivity index (χ4n) is 1.88. The molecule has 18 heavy (non-hydrogen) atoms. The molecule has 2 N–H and O–H groups in total. The van der Waals surface area contributed by atoms with Crippen LogP contribution < -0.4 is 5.32 Å². The molecule has 0 aliphatic carbocycles. The maximum atomic E-state index is 10.1. The van der Waals surface area contributed by atoms with E-state index in [1.54, 1.807) is 0 Å². The molecule has 2 nitrogen and oxygen atoms in total. The van der Waals surface area contributed by atoms with Crippen molar-refractivity contribution in [1.82, 2.24) is 5.32 Å². The van der Waals surface area contributed by atoms with Gasteiger partial charge < -0.3 is 10.4 Å². The van der Waals surface area contributed by atoms with Gasteiger partial charge in [-0.05, 0) is 22.4 Å². The molecule has 1 atom stereocenters. The number of fused-ring (bicyclic) bond motifs is 1. The molecule has 0 aliphatic heterocycles. The van der Waals surface area contributed by atoms with E-state index in [4.69, 9.17) is 0 Å². The molecule has 0 fully saturated rings. The summed E-state index contributed by atoms with van der Waals surface area (Å²) in [6, 6.07) is 14.7. The summed E-state index contributed by atoms with van der Waals surface area (Å²) in [6.45, 7) is 4.75. The summed E-state index contributed by atoms with van der Waals surface area (Å²) in [5, 5.41) is 15.7. The molecule has 0 aliphatic rings. The quantitative estimate of drug-likeness (QED) is 0.889. The molecule has 0 unspecified atom stereocenters. The van der Waals surface area contributed by atoms with Gasteiger partial charge in [0.05, 0.1) is 6.10 Å². The van der Waals surface area contributed by atoms with Gasteiger partial charge in [0.2, 0.25) is 0 Å². The Hall–Kier alpha value is -1.09. The van der Waals surface area contributed by atoms with Gasteiger partial charge in [-0.2, -0.15) is 0 Å². The fourth-order valence-corrected chi connectivity index (χ4v) is 1.88. The van der Waals surface area contributed by atoms with Crippen LogP contribution >= 0.6 is 12.4 Å². The van der Waals surface area contributed by atoms with Gasteiger partial charge in [0.1, 0.15) is 0 Å². The highest BCUT2D eigenvalue weighted by molar-refractivity contribution is 5.85. The van der Waals surface area contributed by atoms with Crippen LogP contribution in [0.25, 0.3) is 10.8 Å². The van der Waals surface area contributed by atoms with Crippen molar-refractivity contribution in [3.8, 4) is 0 Å². The van der Waals surface area contributed by atoms with E-state index in [1.165, 1.54) is 10.8 Å². The molecule has 0 saturated heterocycles. The molecule has 0 spiro atoms. The Balaban J connectivity index is 0.00000162. The molecule has 0 radical (unpaired) electrons. The number of aliphatic hydroxyl groups excluding tert-OH is 1. The van der Waals surface area contributed by atoms with Crippen LogP contribution in [0.3, 0.4) is 0 Å². The highest BCUT2D eigenvalue weighted by Gasteiger charge is 2.08. The van der Waals surface area contributed by atoms with Crippen molar-refractivity contribution in [2.75, 3.05) is 6.54 Å². The van der Waals surface area contributed by atoms with E-state index in [1.807, 2.05) is 18.2 Å². The number of hydrogen-bond donors (Lipinski definition) is 2. The van der Waals surface area contributed by atoms with Gasteiger partial charge in [-0.3, -0.25) is 0 Å². The molecule has 0 aromatic heterocycles. The van der Waals surface area contributed by atoms with E-state index in [0.29, 0.717) is 12.6 Å². The third-order valence-electron chi connectivity index (χ3n) is 2.88. The number of rotatable bonds is 4. The molecule has 3 heteroatoms. The Morgan fingerprint density at radius 1 is 1.06 bits per heavy atom. The zero-order valence-electron chi connectivity index (χ0n) is 10.8. The lowest BCUT2D eigenvalue weighted by molar-refractivity contribution is 0.172. The number of benzene rings is 2. The molecule has 0 heterocycles. The highest BCUT2D eigenvalue weighted by Crippen LogP contribution is 2.20. The SMILES string of the molecule is CC(C)NC[C@H](O)c1ccc2ccccc2c1.Cl. The molecule has 0 saturated carbocycles. The van der Waals surface area contributed by atoms with E-state index in [2.05, 4.69) is 43.4 Å². The zero-order valence-corrected chi connectivity index (χ0v) is 11.6. The van der Waals surface area contributed by atoms with Crippen LogP contribution in [-0.4, -0.2) is 17.7 Å². The Morgan fingerprint density at radius 2 is 1.72 bits per heavy atom. The van der Waals surface area contributed by atoms with E-state index in [-0.39, 0.29) is 12.4 Å². The lowest BCUT2D eigenvalue weighted by atomic mass is 10.0. The average molecular weight is 266 g/mol. The minimum absolute atomic E-state index is 0. The maximum Gasteiger partial charge on any atom is 0.0914 e. The van der Waals surface area contributed by atoms with Crippen molar-refractivity contribution in [3.63, 3.8) is 0 Å². The highest BCUT2D eigenvalue weighted by atomic mass is 35.5. The Labute approximate surface area is 114 Å². The topological polar surface area (TPSA) is 32.3 Å². The summed E-state index contributed by atoms with van der Waals surface area (Å²) in [5.74, 6) is 0. The minimum atomic E-state index is -0.443. The van der Waals surface area contributed by atoms with Crippen molar-refractivity contribution >= 4 is 23.2 Å². The summed E-state index contributed by atoms with van der Waals surface area (Å²) < 4.78 is 0. The van der Waals surface area contributed by atoms with Gasteiger partial charge in [-0.1, -0.05) is 50.2 Å². The molecule has 0 amide bonds. The van der Waals surface area contributed by atoms with Crippen LogP contribution in [0.1, 0.15) is 25.5 Å². The first-order valence-corrected chi connectivity index (χ1v) is 6.07. The van der Waals surface area contributed by atoms with Crippen molar-refractivity contribution in [1.29, 1.82) is 0 Å². The Kier molecular flexibility index (Phi) is 5.60. The summed E-state index contributed by atoms with van der Waals surface area (Å²) in [4.78, 5) is 0. The molecule has 2 aromatic carbocycles. The third kappa shape index (κ3) is 3.70. The van der Waals surface area contributed by atoms with E-state index >= 15 is 0 Å². The molecule has 2 aromatic rings. The summed E-state index contributed by atoms with van der Waals surface area (Å²) in [7, 11) is 0. The lowest BCUT2D eigenvalue weighted by Crippen LogP contribution is -2.27. The number of aliphatic hydroxyl groups is 1. The standard InChI is InChI=1S/C15H19NO.ClH/c1-11(2)16-10-15(17)14-8-7-12-5-3-4-6-13(12)9-14;/h3-9,11,15-17H,10H2,1-2H3;1H/t15-;/m0./s1. The second kappa shape index (κ2) is 6.74. The second-order valence-electron chi connectivity index (χ2n) is 4.69. The van der Waals surface area contributed by atoms with Gasteiger partial charge in [0, 0.05) is 12.6 Å². The smallest absolute Gasteiger partial charge is 0.0914 e. The predicted molar refractivity (Wildman–Crippen MR) is 79.3 cm³/mol. The van der Waals surface area contributed by atoms with E-state index in [9.17, 15) is 5.11 Å². The molecule has 0 bridgehead atoms. The monoisotopic (exact) mass is 265 g/mol. The van der Waals surface area contributed by atoms with Crippen LogP contribution in [0.2, 0.25) is 0 Å². The van der Waals surface area contributed by atoms with Crippen molar-refractivity contribution in [2.45, 2.75) is 26.0 Å². The van der Waals surface area contributed by atoms with Crippen LogP contribution in [0.4, 0.5) is 0 Å². The number of nitrogens with one attached hydrogen (secondary N) is 1. The fraction of sp³-hybridized carbons (Fsp3) is 0.333. The van der Waals surface area contributed by atoms with Crippen LogP contribution in [-0.2, 0) is 0 Å². The maximum absolute atomic E-state index is 10.1. The van der Waals surface area contributed by atoms with Gasteiger partial charge in [-0.15, -0.1) is 12.4 Å². The third-order valence-corrected chi connectivity index (χ3v) is 2.88. The van der Waals surface area contributed by atoms with Crippen molar-refractivity contribution in [2.24, 2.45) is 0 Å². The van der Waals surface area contributed by atoms with Crippen LogP contribution in [0.15, 0.2) is 42.5 Å².